The van der Waals surface area contributed by atoms with Crippen LogP contribution in [-0.4, -0.2) is 14.5 Å². The van der Waals surface area contributed by atoms with Crippen LogP contribution in [0.25, 0.3) is 105 Å². The molecular formula is C46H27N3O. The number of benzene rings is 8. The maximum absolute atomic E-state index is 6.86. The fourth-order valence-electron chi connectivity index (χ4n) is 7.97. The van der Waals surface area contributed by atoms with E-state index in [-0.39, 0.29) is 0 Å². The molecule has 0 aliphatic carbocycles. The number of para-hydroxylation sites is 2. The Morgan fingerprint density at radius 3 is 1.84 bits per heavy atom. The third-order valence-electron chi connectivity index (χ3n) is 10.2. The van der Waals surface area contributed by atoms with Crippen molar-refractivity contribution in [3.63, 3.8) is 0 Å². The van der Waals surface area contributed by atoms with Gasteiger partial charge in [0.05, 0.1) is 16.7 Å². The molecule has 0 aliphatic heterocycles. The fraction of sp³-hybridized carbons (Fsp3) is 0. The van der Waals surface area contributed by atoms with Gasteiger partial charge in [-0.05, 0) is 39.4 Å². The van der Waals surface area contributed by atoms with Crippen LogP contribution in [0.1, 0.15) is 0 Å². The molecule has 4 nitrogen and oxygen atoms in total. The summed E-state index contributed by atoms with van der Waals surface area (Å²) in [6, 6.07) is 57.6. The largest absolute Gasteiger partial charge is 0.454 e. The van der Waals surface area contributed by atoms with Gasteiger partial charge in [0.15, 0.2) is 5.58 Å². The highest BCUT2D eigenvalue weighted by molar-refractivity contribution is 6.36. The van der Waals surface area contributed by atoms with Crippen LogP contribution in [0.15, 0.2) is 168 Å². The Hall–Kier alpha value is -6.78. The van der Waals surface area contributed by atoms with Gasteiger partial charge in [-0.1, -0.05) is 152 Å². The van der Waals surface area contributed by atoms with Gasteiger partial charge >= 0.3 is 0 Å². The first-order chi connectivity index (χ1) is 24.8. The molecule has 11 aromatic rings. The van der Waals surface area contributed by atoms with Crippen molar-refractivity contribution in [1.29, 1.82) is 0 Å². The molecule has 0 amide bonds. The van der Waals surface area contributed by atoms with Crippen LogP contribution in [0.3, 0.4) is 0 Å². The predicted molar refractivity (Wildman–Crippen MR) is 207 cm³/mol. The topological polar surface area (TPSA) is 43.9 Å². The highest BCUT2D eigenvalue weighted by Gasteiger charge is 2.25. The zero-order valence-electron chi connectivity index (χ0n) is 26.8. The maximum Gasteiger partial charge on any atom is 0.235 e. The minimum Gasteiger partial charge on any atom is -0.454 e. The minimum atomic E-state index is 0.610. The summed E-state index contributed by atoms with van der Waals surface area (Å²) in [6.45, 7) is 0. The van der Waals surface area contributed by atoms with Crippen LogP contribution < -0.4 is 0 Å². The lowest BCUT2D eigenvalue weighted by Gasteiger charge is -2.13. The van der Waals surface area contributed by atoms with E-state index < -0.39 is 0 Å². The molecule has 0 saturated carbocycles. The van der Waals surface area contributed by atoms with E-state index in [1.165, 1.54) is 21.9 Å². The standard InChI is InChI=1S/C46H27N3O/c1-2-12-28(13-3-1)29-22-24-31(25-23-29)42-35-18-8-10-20-38(35)47-46(48-42)49-43-32-15-5-4-14-30(32)26-27-37(43)40-33-16-6-7-17-34(33)41-36-19-9-11-21-39(36)50-45(41)44(40)49/h1-27H. The molecule has 232 valence electrons. The summed E-state index contributed by atoms with van der Waals surface area (Å²) in [4.78, 5) is 10.8. The molecule has 0 spiro atoms. The van der Waals surface area contributed by atoms with Crippen molar-refractivity contribution in [3.05, 3.63) is 164 Å². The lowest BCUT2D eigenvalue weighted by Crippen LogP contribution is -2.04. The number of hydrogen-bond donors (Lipinski definition) is 0. The van der Waals surface area contributed by atoms with Crippen LogP contribution in [0, 0.1) is 0 Å². The van der Waals surface area contributed by atoms with Crippen LogP contribution >= 0.6 is 0 Å². The van der Waals surface area contributed by atoms with Gasteiger partial charge in [-0.25, -0.2) is 9.97 Å². The molecular weight excluding hydrogens is 611 g/mol. The van der Waals surface area contributed by atoms with Crippen molar-refractivity contribution in [2.75, 3.05) is 0 Å². The van der Waals surface area contributed by atoms with Crippen molar-refractivity contribution >= 4 is 76.2 Å². The molecule has 0 radical (unpaired) electrons. The van der Waals surface area contributed by atoms with Gasteiger partial charge in [-0.3, -0.25) is 4.57 Å². The van der Waals surface area contributed by atoms with Crippen molar-refractivity contribution < 1.29 is 4.42 Å². The monoisotopic (exact) mass is 637 g/mol. The Kier molecular flexibility index (Phi) is 5.63. The third-order valence-corrected chi connectivity index (χ3v) is 10.2. The van der Waals surface area contributed by atoms with E-state index in [4.69, 9.17) is 14.4 Å². The second-order valence-electron chi connectivity index (χ2n) is 12.9. The molecule has 3 aromatic heterocycles. The Balaban J connectivity index is 1.31. The Morgan fingerprint density at radius 1 is 0.400 bits per heavy atom. The summed E-state index contributed by atoms with van der Waals surface area (Å²) in [5.41, 5.74) is 8.91. The molecule has 0 aliphatic rings. The summed E-state index contributed by atoms with van der Waals surface area (Å²) in [6.07, 6.45) is 0. The second kappa shape index (κ2) is 10.4. The molecule has 11 rings (SSSR count). The SMILES string of the molecule is c1ccc(-c2ccc(-c3nc(-n4c5c6ccccc6ccc5c5c6ccccc6c6c7ccccc7oc6c54)nc4ccccc34)cc2)cc1. The molecule has 4 heteroatoms. The van der Waals surface area contributed by atoms with Gasteiger partial charge in [-0.15, -0.1) is 0 Å². The highest BCUT2D eigenvalue weighted by Crippen LogP contribution is 2.47. The highest BCUT2D eigenvalue weighted by atomic mass is 16.3. The third kappa shape index (κ3) is 3.81. The number of aromatic nitrogens is 3. The van der Waals surface area contributed by atoms with Crippen LogP contribution in [0.2, 0.25) is 0 Å². The van der Waals surface area contributed by atoms with Gasteiger partial charge in [-0.2, -0.15) is 0 Å². The smallest absolute Gasteiger partial charge is 0.235 e. The van der Waals surface area contributed by atoms with Gasteiger partial charge in [0.25, 0.3) is 0 Å². The van der Waals surface area contributed by atoms with Crippen molar-refractivity contribution in [3.8, 4) is 28.3 Å². The van der Waals surface area contributed by atoms with E-state index in [1.807, 2.05) is 18.2 Å². The van der Waals surface area contributed by atoms with E-state index in [2.05, 4.69) is 150 Å². The van der Waals surface area contributed by atoms with E-state index in [1.54, 1.807) is 0 Å². The summed E-state index contributed by atoms with van der Waals surface area (Å²) < 4.78 is 9.12. The van der Waals surface area contributed by atoms with Gasteiger partial charge in [0.1, 0.15) is 11.1 Å². The Bertz CT molecular complexity index is 3140. The average molecular weight is 638 g/mol. The molecule has 50 heavy (non-hydrogen) atoms. The number of rotatable bonds is 3. The van der Waals surface area contributed by atoms with Crippen molar-refractivity contribution in [2.45, 2.75) is 0 Å². The Labute approximate surface area is 286 Å². The van der Waals surface area contributed by atoms with Crippen molar-refractivity contribution in [1.82, 2.24) is 14.5 Å². The van der Waals surface area contributed by atoms with Gasteiger partial charge < -0.3 is 4.42 Å². The lowest BCUT2D eigenvalue weighted by atomic mass is 9.98. The number of nitrogens with zero attached hydrogens (tertiary/aromatic N) is 3. The molecule has 3 heterocycles. The first kappa shape index (κ1) is 27.2. The summed E-state index contributed by atoms with van der Waals surface area (Å²) in [5, 5.41) is 10.1. The van der Waals surface area contributed by atoms with E-state index in [0.29, 0.717) is 5.95 Å². The normalized spacial score (nSPS) is 12.0. The lowest BCUT2D eigenvalue weighted by molar-refractivity contribution is 0.671. The summed E-state index contributed by atoms with van der Waals surface area (Å²) >= 11 is 0. The molecule has 8 aromatic carbocycles. The van der Waals surface area contributed by atoms with Gasteiger partial charge in [0.2, 0.25) is 5.95 Å². The van der Waals surface area contributed by atoms with Crippen LogP contribution in [0.5, 0.6) is 0 Å². The number of furan rings is 1. The van der Waals surface area contributed by atoms with Gasteiger partial charge in [0, 0.05) is 37.9 Å². The van der Waals surface area contributed by atoms with E-state index >= 15 is 0 Å². The van der Waals surface area contributed by atoms with E-state index in [9.17, 15) is 0 Å². The Morgan fingerprint density at radius 2 is 1.02 bits per heavy atom. The van der Waals surface area contributed by atoms with E-state index in [0.717, 1.165) is 76.7 Å². The first-order valence-electron chi connectivity index (χ1n) is 16.9. The molecule has 0 saturated heterocycles. The first-order valence-corrected chi connectivity index (χ1v) is 16.9. The van der Waals surface area contributed by atoms with Crippen molar-refractivity contribution in [2.24, 2.45) is 0 Å². The molecule has 0 N–H and O–H groups in total. The molecule has 0 fully saturated rings. The van der Waals surface area contributed by atoms with Crippen LogP contribution in [0.4, 0.5) is 0 Å². The predicted octanol–water partition coefficient (Wildman–Crippen LogP) is 12.3. The van der Waals surface area contributed by atoms with Crippen LogP contribution in [-0.2, 0) is 0 Å². The maximum atomic E-state index is 6.86. The summed E-state index contributed by atoms with van der Waals surface area (Å²) in [7, 11) is 0. The average Bonchev–Trinajstić information content (AvgIpc) is 3.75. The summed E-state index contributed by atoms with van der Waals surface area (Å²) in [5.74, 6) is 0.610. The fourth-order valence-corrected chi connectivity index (χ4v) is 7.97. The molecule has 0 bridgehead atoms. The zero-order valence-corrected chi connectivity index (χ0v) is 26.8. The number of hydrogen-bond acceptors (Lipinski definition) is 3. The zero-order chi connectivity index (χ0) is 32.8. The number of fused-ring (bicyclic) bond motifs is 13. The quantitative estimate of drug-likeness (QED) is 0.194. The molecule has 0 atom stereocenters. The minimum absolute atomic E-state index is 0.610. The second-order valence-corrected chi connectivity index (χ2v) is 12.9. The molecule has 0 unspecified atom stereocenters.